The maximum atomic E-state index is 13.3. The molecule has 2 N–H and O–H groups in total. The molecule has 6 nitrogen and oxygen atoms in total. The van der Waals surface area contributed by atoms with E-state index < -0.39 is 10.0 Å². The van der Waals surface area contributed by atoms with E-state index in [0.29, 0.717) is 35.0 Å². The van der Waals surface area contributed by atoms with E-state index in [9.17, 15) is 13.2 Å². The van der Waals surface area contributed by atoms with Gasteiger partial charge in [-0.05, 0) is 44.5 Å². The monoisotopic (exact) mass is 375 g/mol. The Balaban J connectivity index is 2.03. The summed E-state index contributed by atoms with van der Waals surface area (Å²) in [6.45, 7) is 3.33. The van der Waals surface area contributed by atoms with Gasteiger partial charge in [0, 0.05) is 36.5 Å². The molecule has 0 aromatic heterocycles. The van der Waals surface area contributed by atoms with Crippen LogP contribution in [0.1, 0.15) is 19.8 Å². The standard InChI is InChI=1S/C19H25N3O3S/c1-14(23)21-18-9-10-19(17-8-4-3-7-16(17)18)26(24,25)22-11-5-6-15(13-22)12-20-2/h3-4,7-10,15,20H,5-6,11-13H2,1-2H3,(H,21,23). The Kier molecular flexibility index (Phi) is 5.60. The molecular formula is C19H25N3O3S. The first-order valence-electron chi connectivity index (χ1n) is 8.87. The Hall–Kier alpha value is -1.96. The number of carbonyl (C=O) groups is 1. The predicted molar refractivity (Wildman–Crippen MR) is 104 cm³/mol. The summed E-state index contributed by atoms with van der Waals surface area (Å²) in [6.07, 6.45) is 1.91. The number of nitrogens with zero attached hydrogens (tertiary/aromatic N) is 1. The van der Waals surface area contributed by atoms with Crippen LogP contribution >= 0.6 is 0 Å². The van der Waals surface area contributed by atoms with Gasteiger partial charge >= 0.3 is 0 Å². The predicted octanol–water partition coefficient (Wildman–Crippen LogP) is 2.42. The SMILES string of the molecule is CNCC1CCCN(S(=O)(=O)c2ccc(NC(C)=O)c3ccccc23)C1. The average Bonchev–Trinajstić information content (AvgIpc) is 2.62. The zero-order valence-corrected chi connectivity index (χ0v) is 16.0. The minimum absolute atomic E-state index is 0.184. The van der Waals surface area contributed by atoms with Crippen LogP contribution in [0, 0.1) is 5.92 Å². The van der Waals surface area contributed by atoms with Crippen LogP contribution in [0.3, 0.4) is 0 Å². The fraction of sp³-hybridized carbons (Fsp3) is 0.421. The molecule has 1 unspecified atom stereocenters. The molecule has 2 aromatic rings. The lowest BCUT2D eigenvalue weighted by molar-refractivity contribution is -0.114. The summed E-state index contributed by atoms with van der Waals surface area (Å²) in [7, 11) is -1.70. The molecule has 0 radical (unpaired) electrons. The normalized spacial score (nSPS) is 18.8. The van der Waals surface area contributed by atoms with Gasteiger partial charge in [-0.2, -0.15) is 4.31 Å². The van der Waals surface area contributed by atoms with Gasteiger partial charge in [-0.25, -0.2) is 8.42 Å². The highest BCUT2D eigenvalue weighted by Crippen LogP contribution is 2.32. The lowest BCUT2D eigenvalue weighted by atomic mass is 10.00. The van der Waals surface area contributed by atoms with Gasteiger partial charge in [-0.15, -0.1) is 0 Å². The van der Waals surface area contributed by atoms with Crippen LogP contribution in [-0.4, -0.2) is 45.3 Å². The Bertz CT molecular complexity index is 909. The molecule has 0 spiro atoms. The maximum absolute atomic E-state index is 13.3. The molecule has 1 aliphatic heterocycles. The molecular weight excluding hydrogens is 350 g/mol. The molecule has 1 heterocycles. The highest BCUT2D eigenvalue weighted by Gasteiger charge is 2.31. The smallest absolute Gasteiger partial charge is 0.243 e. The van der Waals surface area contributed by atoms with Gasteiger partial charge < -0.3 is 10.6 Å². The van der Waals surface area contributed by atoms with Crippen molar-refractivity contribution in [3.63, 3.8) is 0 Å². The number of benzene rings is 2. The van der Waals surface area contributed by atoms with E-state index in [0.717, 1.165) is 24.8 Å². The van der Waals surface area contributed by atoms with E-state index in [-0.39, 0.29) is 5.91 Å². The number of nitrogens with one attached hydrogen (secondary N) is 2. The highest BCUT2D eigenvalue weighted by atomic mass is 32.2. The molecule has 1 atom stereocenters. The number of carbonyl (C=O) groups excluding carboxylic acids is 1. The summed E-state index contributed by atoms with van der Waals surface area (Å²) in [5.41, 5.74) is 0.624. The maximum Gasteiger partial charge on any atom is 0.243 e. The first-order chi connectivity index (χ1) is 12.4. The van der Waals surface area contributed by atoms with E-state index in [2.05, 4.69) is 10.6 Å². The summed E-state index contributed by atoms with van der Waals surface area (Å²) in [5, 5.41) is 7.28. The van der Waals surface area contributed by atoms with Crippen molar-refractivity contribution in [2.24, 2.45) is 5.92 Å². The lowest BCUT2D eigenvalue weighted by Crippen LogP contribution is -2.42. The third-order valence-corrected chi connectivity index (χ3v) is 6.71. The summed E-state index contributed by atoms with van der Waals surface area (Å²) in [6, 6.07) is 10.6. The first-order valence-corrected chi connectivity index (χ1v) is 10.3. The fourth-order valence-electron chi connectivity index (χ4n) is 3.63. The average molecular weight is 375 g/mol. The Morgan fingerprint density at radius 3 is 2.62 bits per heavy atom. The molecule has 2 aromatic carbocycles. The zero-order valence-electron chi connectivity index (χ0n) is 15.2. The molecule has 0 aliphatic carbocycles. The third kappa shape index (κ3) is 3.75. The van der Waals surface area contributed by atoms with Gasteiger partial charge in [-0.3, -0.25) is 4.79 Å². The van der Waals surface area contributed by atoms with Crippen molar-refractivity contribution in [3.8, 4) is 0 Å². The Morgan fingerprint density at radius 1 is 1.19 bits per heavy atom. The van der Waals surface area contributed by atoms with Gasteiger partial charge in [-0.1, -0.05) is 24.3 Å². The molecule has 3 rings (SSSR count). The molecule has 7 heteroatoms. The van der Waals surface area contributed by atoms with E-state index in [1.807, 2.05) is 25.2 Å². The molecule has 0 bridgehead atoms. The number of amides is 1. The van der Waals surface area contributed by atoms with Crippen LogP contribution in [0.4, 0.5) is 5.69 Å². The minimum atomic E-state index is -3.59. The van der Waals surface area contributed by atoms with Crippen LogP contribution in [-0.2, 0) is 14.8 Å². The van der Waals surface area contributed by atoms with Gasteiger partial charge in [0.25, 0.3) is 0 Å². The third-order valence-electron chi connectivity index (χ3n) is 4.79. The number of hydrogen-bond donors (Lipinski definition) is 2. The fourth-order valence-corrected chi connectivity index (χ4v) is 5.39. The second-order valence-corrected chi connectivity index (χ2v) is 8.67. The Labute approximate surface area is 154 Å². The molecule has 1 fully saturated rings. The van der Waals surface area contributed by atoms with Crippen molar-refractivity contribution in [3.05, 3.63) is 36.4 Å². The second-order valence-electron chi connectivity index (χ2n) is 6.77. The van der Waals surface area contributed by atoms with Gasteiger partial charge in [0.05, 0.1) is 4.90 Å². The topological polar surface area (TPSA) is 78.5 Å². The van der Waals surface area contributed by atoms with Crippen molar-refractivity contribution in [2.45, 2.75) is 24.7 Å². The quantitative estimate of drug-likeness (QED) is 0.841. The summed E-state index contributed by atoms with van der Waals surface area (Å²) in [5.74, 6) is 0.144. The van der Waals surface area contributed by atoms with Crippen molar-refractivity contribution in [1.82, 2.24) is 9.62 Å². The molecule has 1 amide bonds. The first kappa shape index (κ1) is 18.8. The zero-order chi connectivity index (χ0) is 18.7. The minimum Gasteiger partial charge on any atom is -0.326 e. The van der Waals surface area contributed by atoms with Crippen molar-refractivity contribution >= 4 is 32.4 Å². The van der Waals surface area contributed by atoms with Gasteiger partial charge in [0.2, 0.25) is 15.9 Å². The van der Waals surface area contributed by atoms with Crippen molar-refractivity contribution in [1.29, 1.82) is 0 Å². The lowest BCUT2D eigenvalue weighted by Gasteiger charge is -2.32. The number of hydrogen-bond acceptors (Lipinski definition) is 4. The molecule has 26 heavy (non-hydrogen) atoms. The summed E-state index contributed by atoms with van der Waals surface area (Å²) in [4.78, 5) is 11.7. The number of anilines is 1. The largest absolute Gasteiger partial charge is 0.326 e. The number of rotatable bonds is 5. The summed E-state index contributed by atoms with van der Waals surface area (Å²) >= 11 is 0. The van der Waals surface area contributed by atoms with Crippen LogP contribution in [0.5, 0.6) is 0 Å². The highest BCUT2D eigenvalue weighted by molar-refractivity contribution is 7.89. The molecule has 0 saturated carbocycles. The number of fused-ring (bicyclic) bond motifs is 1. The number of sulfonamides is 1. The van der Waals surface area contributed by atoms with Crippen molar-refractivity contribution in [2.75, 3.05) is 32.0 Å². The molecule has 140 valence electrons. The number of piperidine rings is 1. The van der Waals surface area contributed by atoms with Crippen LogP contribution < -0.4 is 10.6 Å². The van der Waals surface area contributed by atoms with E-state index in [1.165, 1.54) is 6.92 Å². The van der Waals surface area contributed by atoms with Gasteiger partial charge in [0.1, 0.15) is 0 Å². The van der Waals surface area contributed by atoms with Crippen molar-refractivity contribution < 1.29 is 13.2 Å². The Morgan fingerprint density at radius 2 is 1.92 bits per heavy atom. The van der Waals surface area contributed by atoms with Crippen LogP contribution in [0.25, 0.3) is 10.8 Å². The molecule has 1 saturated heterocycles. The van der Waals surface area contributed by atoms with E-state index in [4.69, 9.17) is 0 Å². The van der Waals surface area contributed by atoms with Crippen LogP contribution in [0.15, 0.2) is 41.3 Å². The molecule has 1 aliphatic rings. The summed E-state index contributed by atoms with van der Waals surface area (Å²) < 4.78 is 28.2. The van der Waals surface area contributed by atoms with E-state index in [1.54, 1.807) is 22.5 Å². The van der Waals surface area contributed by atoms with Crippen LogP contribution in [0.2, 0.25) is 0 Å². The van der Waals surface area contributed by atoms with E-state index >= 15 is 0 Å². The second kappa shape index (κ2) is 7.73. The van der Waals surface area contributed by atoms with Gasteiger partial charge in [0.15, 0.2) is 0 Å².